The summed E-state index contributed by atoms with van der Waals surface area (Å²) in [6.45, 7) is 3.17. The van der Waals surface area contributed by atoms with Crippen molar-refractivity contribution in [1.82, 2.24) is 19.7 Å². The molecule has 0 amide bonds. The van der Waals surface area contributed by atoms with E-state index < -0.39 is 0 Å². The molecule has 5 rings (SSSR count). The van der Waals surface area contributed by atoms with Crippen LogP contribution < -0.4 is 4.90 Å². The molecule has 0 N–H and O–H groups in total. The van der Waals surface area contributed by atoms with Crippen molar-refractivity contribution in [2.75, 3.05) is 31.2 Å². The molecule has 128 valence electrons. The Morgan fingerprint density at radius 2 is 2.00 bits per heavy atom. The summed E-state index contributed by atoms with van der Waals surface area (Å²) in [6, 6.07) is 4.88. The molecule has 6 nitrogen and oxygen atoms in total. The van der Waals surface area contributed by atoms with Gasteiger partial charge in [0.2, 0.25) is 0 Å². The Morgan fingerprint density at radius 1 is 1.12 bits per heavy atom. The molecule has 0 bridgehead atoms. The van der Waals surface area contributed by atoms with Gasteiger partial charge in [0.05, 0.1) is 18.9 Å². The smallest absolute Gasteiger partial charge is 0.188 e. The number of benzene rings is 1. The summed E-state index contributed by atoms with van der Waals surface area (Å²) in [7, 11) is 0. The van der Waals surface area contributed by atoms with E-state index in [4.69, 9.17) is 9.72 Å². The van der Waals surface area contributed by atoms with Crippen LogP contribution in [-0.4, -0.2) is 46.1 Å². The molecule has 4 heterocycles. The fourth-order valence-corrected chi connectivity index (χ4v) is 4.24. The SMILES string of the molecule is Fc1ccc2c(c1)CCc1nnc(-c3csc(N4CCOCC4)n3)n1-2. The molecule has 0 unspecified atom stereocenters. The van der Waals surface area contributed by atoms with Crippen molar-refractivity contribution in [3.63, 3.8) is 0 Å². The van der Waals surface area contributed by atoms with Gasteiger partial charge in [0, 0.05) is 24.9 Å². The molecular formula is C17H16FN5OS. The van der Waals surface area contributed by atoms with Gasteiger partial charge in [-0.25, -0.2) is 9.37 Å². The van der Waals surface area contributed by atoms with Crippen LogP contribution in [0.4, 0.5) is 9.52 Å². The summed E-state index contributed by atoms with van der Waals surface area (Å²) in [5.41, 5.74) is 2.74. The van der Waals surface area contributed by atoms with Crippen LogP contribution >= 0.6 is 11.3 Å². The quantitative estimate of drug-likeness (QED) is 0.705. The van der Waals surface area contributed by atoms with Gasteiger partial charge in [0.25, 0.3) is 0 Å². The maximum absolute atomic E-state index is 13.6. The number of ether oxygens (including phenoxy) is 1. The Labute approximate surface area is 147 Å². The first-order chi connectivity index (χ1) is 12.3. The number of rotatable bonds is 2. The summed E-state index contributed by atoms with van der Waals surface area (Å²) in [5, 5.41) is 11.7. The molecule has 25 heavy (non-hydrogen) atoms. The number of nitrogens with zero attached hydrogens (tertiary/aromatic N) is 5. The van der Waals surface area contributed by atoms with E-state index in [0.717, 1.165) is 72.9 Å². The average molecular weight is 357 g/mol. The molecule has 0 atom stereocenters. The van der Waals surface area contributed by atoms with Crippen LogP contribution in [0, 0.1) is 5.82 Å². The van der Waals surface area contributed by atoms with E-state index in [1.165, 1.54) is 6.07 Å². The van der Waals surface area contributed by atoms with Gasteiger partial charge in [-0.3, -0.25) is 4.57 Å². The van der Waals surface area contributed by atoms with Gasteiger partial charge in [0.1, 0.15) is 17.3 Å². The number of thiazole rings is 1. The second-order valence-corrected chi connectivity index (χ2v) is 7.00. The Bertz CT molecular complexity index is 931. The lowest BCUT2D eigenvalue weighted by Gasteiger charge is -2.26. The van der Waals surface area contributed by atoms with E-state index in [-0.39, 0.29) is 5.82 Å². The summed E-state index contributed by atoms with van der Waals surface area (Å²) in [4.78, 5) is 7.00. The summed E-state index contributed by atoms with van der Waals surface area (Å²) >= 11 is 1.61. The van der Waals surface area contributed by atoms with Gasteiger partial charge in [-0.1, -0.05) is 0 Å². The van der Waals surface area contributed by atoms with Gasteiger partial charge >= 0.3 is 0 Å². The predicted octanol–water partition coefficient (Wildman–Crippen LogP) is 2.47. The van der Waals surface area contributed by atoms with Gasteiger partial charge in [-0.05, 0) is 30.2 Å². The molecule has 0 saturated carbocycles. The van der Waals surface area contributed by atoms with Crippen molar-refractivity contribution < 1.29 is 9.13 Å². The molecule has 1 saturated heterocycles. The summed E-state index contributed by atoms with van der Waals surface area (Å²) in [5.74, 6) is 1.41. The van der Waals surface area contributed by atoms with Crippen LogP contribution in [0.15, 0.2) is 23.6 Å². The van der Waals surface area contributed by atoms with Crippen LogP contribution in [0.1, 0.15) is 11.4 Å². The summed E-state index contributed by atoms with van der Waals surface area (Å²) in [6.07, 6.45) is 1.53. The van der Waals surface area contributed by atoms with Gasteiger partial charge < -0.3 is 9.64 Å². The highest BCUT2D eigenvalue weighted by atomic mass is 32.1. The Balaban J connectivity index is 1.55. The number of morpholine rings is 1. The Kier molecular flexibility index (Phi) is 3.53. The molecule has 0 spiro atoms. The number of halogens is 1. The first kappa shape index (κ1) is 15.0. The minimum Gasteiger partial charge on any atom is -0.378 e. The van der Waals surface area contributed by atoms with Crippen molar-refractivity contribution in [3.05, 3.63) is 40.8 Å². The van der Waals surface area contributed by atoms with E-state index in [0.29, 0.717) is 0 Å². The van der Waals surface area contributed by atoms with E-state index in [1.54, 1.807) is 23.5 Å². The van der Waals surface area contributed by atoms with Gasteiger partial charge in [0.15, 0.2) is 11.0 Å². The maximum atomic E-state index is 13.6. The van der Waals surface area contributed by atoms with Crippen LogP contribution in [-0.2, 0) is 17.6 Å². The molecule has 0 radical (unpaired) electrons. The van der Waals surface area contributed by atoms with Gasteiger partial charge in [-0.15, -0.1) is 21.5 Å². The number of aromatic nitrogens is 4. The molecular weight excluding hydrogens is 341 g/mol. The second kappa shape index (κ2) is 5.89. The van der Waals surface area contributed by atoms with Crippen LogP contribution in [0.3, 0.4) is 0 Å². The lowest BCUT2D eigenvalue weighted by atomic mass is 10.0. The Morgan fingerprint density at radius 3 is 2.88 bits per heavy atom. The number of aryl methyl sites for hydroxylation is 2. The molecule has 2 aliphatic heterocycles. The predicted molar refractivity (Wildman–Crippen MR) is 92.9 cm³/mol. The number of hydrogen-bond acceptors (Lipinski definition) is 6. The second-order valence-electron chi connectivity index (χ2n) is 6.16. The van der Waals surface area contributed by atoms with E-state index in [1.807, 2.05) is 9.95 Å². The standard InChI is InChI=1S/C17H16FN5OS/c18-12-2-3-14-11(9-12)1-4-15-20-21-16(23(14)15)13-10-25-17(19-13)22-5-7-24-8-6-22/h2-3,9-10H,1,4-8H2. The van der Waals surface area contributed by atoms with Crippen molar-refractivity contribution in [2.24, 2.45) is 0 Å². The Hall–Kier alpha value is -2.32. The van der Waals surface area contributed by atoms with Crippen LogP contribution in [0.25, 0.3) is 17.2 Å². The van der Waals surface area contributed by atoms with Gasteiger partial charge in [-0.2, -0.15) is 0 Å². The van der Waals surface area contributed by atoms with Crippen LogP contribution in [0.2, 0.25) is 0 Å². The highest BCUT2D eigenvalue weighted by Crippen LogP contribution is 2.32. The highest BCUT2D eigenvalue weighted by molar-refractivity contribution is 7.14. The van der Waals surface area contributed by atoms with E-state index in [9.17, 15) is 4.39 Å². The summed E-state index contributed by atoms with van der Waals surface area (Å²) < 4.78 is 21.0. The number of fused-ring (bicyclic) bond motifs is 3. The zero-order valence-electron chi connectivity index (χ0n) is 13.5. The fraction of sp³-hybridized carbons (Fsp3) is 0.353. The zero-order chi connectivity index (χ0) is 16.8. The molecule has 0 aliphatic carbocycles. The number of anilines is 1. The largest absolute Gasteiger partial charge is 0.378 e. The molecule has 1 aromatic carbocycles. The molecule has 8 heteroatoms. The van der Waals surface area contributed by atoms with Crippen LogP contribution in [0.5, 0.6) is 0 Å². The van der Waals surface area contributed by atoms with E-state index in [2.05, 4.69) is 15.1 Å². The third kappa shape index (κ3) is 2.52. The molecule has 1 fully saturated rings. The molecule has 3 aromatic rings. The topological polar surface area (TPSA) is 56.1 Å². The van der Waals surface area contributed by atoms with Crippen molar-refractivity contribution in [2.45, 2.75) is 12.8 Å². The lowest BCUT2D eigenvalue weighted by molar-refractivity contribution is 0.122. The molecule has 2 aliphatic rings. The normalized spacial score (nSPS) is 16.6. The van der Waals surface area contributed by atoms with Crippen molar-refractivity contribution >= 4 is 16.5 Å². The van der Waals surface area contributed by atoms with Crippen molar-refractivity contribution in [3.8, 4) is 17.2 Å². The first-order valence-electron chi connectivity index (χ1n) is 8.31. The number of hydrogen-bond donors (Lipinski definition) is 0. The van der Waals surface area contributed by atoms with E-state index >= 15 is 0 Å². The first-order valence-corrected chi connectivity index (χ1v) is 9.19. The minimum absolute atomic E-state index is 0.208. The lowest BCUT2D eigenvalue weighted by Crippen LogP contribution is -2.36. The fourth-order valence-electron chi connectivity index (χ4n) is 3.38. The van der Waals surface area contributed by atoms with Crippen molar-refractivity contribution in [1.29, 1.82) is 0 Å². The minimum atomic E-state index is -0.208. The monoisotopic (exact) mass is 357 g/mol. The highest BCUT2D eigenvalue weighted by Gasteiger charge is 2.24. The third-order valence-electron chi connectivity index (χ3n) is 4.63. The average Bonchev–Trinajstić information content (AvgIpc) is 3.29. The maximum Gasteiger partial charge on any atom is 0.188 e. The zero-order valence-corrected chi connectivity index (χ0v) is 14.3. The third-order valence-corrected chi connectivity index (χ3v) is 5.53. The molecule has 2 aromatic heterocycles.